The highest BCUT2D eigenvalue weighted by Gasteiger charge is 2.39. The third-order valence-electron chi connectivity index (χ3n) is 6.51. The van der Waals surface area contributed by atoms with Gasteiger partial charge in [-0.1, -0.05) is 30.7 Å². The molecule has 4 rings (SSSR count). The summed E-state index contributed by atoms with van der Waals surface area (Å²) >= 11 is 0. The predicted molar refractivity (Wildman–Crippen MR) is 118 cm³/mol. The van der Waals surface area contributed by atoms with Gasteiger partial charge in [0.25, 0.3) is 5.91 Å². The van der Waals surface area contributed by atoms with E-state index in [-0.39, 0.29) is 36.5 Å². The van der Waals surface area contributed by atoms with E-state index in [9.17, 15) is 19.2 Å². The van der Waals surface area contributed by atoms with Crippen molar-refractivity contribution in [2.75, 3.05) is 6.54 Å². The fourth-order valence-electron chi connectivity index (χ4n) is 4.88. The van der Waals surface area contributed by atoms with Gasteiger partial charge < -0.3 is 19.3 Å². The molecule has 2 atom stereocenters. The van der Waals surface area contributed by atoms with E-state index in [2.05, 4.69) is 6.08 Å². The predicted octanol–water partition coefficient (Wildman–Crippen LogP) is 3.68. The molecule has 3 heterocycles. The number of benzene rings is 1. The summed E-state index contributed by atoms with van der Waals surface area (Å²) in [6, 6.07) is 7.58. The van der Waals surface area contributed by atoms with E-state index in [1.807, 2.05) is 29.2 Å². The average molecular weight is 439 g/mol. The lowest BCUT2D eigenvalue weighted by Crippen LogP contribution is -2.43. The Kier molecular flexibility index (Phi) is 6.72. The van der Waals surface area contributed by atoms with Crippen LogP contribution in [0.2, 0.25) is 0 Å². The molecule has 0 aromatic heterocycles. The van der Waals surface area contributed by atoms with Gasteiger partial charge in [-0.05, 0) is 38.7 Å². The number of carbonyl (C=O) groups excluding carboxylic acids is 4. The number of nitrogens with zero attached hydrogens (tertiary/aromatic N) is 2. The zero-order valence-corrected chi connectivity index (χ0v) is 18.5. The second kappa shape index (κ2) is 9.67. The molecule has 3 aliphatic heterocycles. The number of hydrogen-bond acceptors (Lipinski definition) is 5. The van der Waals surface area contributed by atoms with Crippen LogP contribution in [0, 0.1) is 0 Å². The van der Waals surface area contributed by atoms with Crippen molar-refractivity contribution in [3.05, 3.63) is 41.5 Å². The summed E-state index contributed by atoms with van der Waals surface area (Å²) in [4.78, 5) is 53.0. The maximum absolute atomic E-state index is 13.0. The summed E-state index contributed by atoms with van der Waals surface area (Å²) < 4.78 is 5.61. The molecule has 0 N–H and O–H groups in total. The quantitative estimate of drug-likeness (QED) is 0.670. The summed E-state index contributed by atoms with van der Waals surface area (Å²) in [6.45, 7) is 2.10. The minimum atomic E-state index is -0.582. The van der Waals surface area contributed by atoms with E-state index >= 15 is 0 Å². The van der Waals surface area contributed by atoms with Gasteiger partial charge in [0.1, 0.15) is 5.78 Å². The molecule has 7 heteroatoms. The molecular weight excluding hydrogens is 408 g/mol. The van der Waals surface area contributed by atoms with Gasteiger partial charge in [0.05, 0.1) is 6.42 Å². The monoisotopic (exact) mass is 438 g/mol. The van der Waals surface area contributed by atoms with Gasteiger partial charge in [-0.15, -0.1) is 0 Å². The Bertz CT molecular complexity index is 953. The maximum Gasteiger partial charge on any atom is 0.308 e. The molecule has 170 valence electrons. The number of ether oxygens (including phenoxy) is 1. The summed E-state index contributed by atoms with van der Waals surface area (Å²) in [5, 5.41) is 0. The largest absolute Gasteiger partial charge is 0.441 e. The molecular formula is C25H30N2O5. The van der Waals surface area contributed by atoms with Crippen molar-refractivity contribution < 1.29 is 23.9 Å². The first-order chi connectivity index (χ1) is 15.5. The lowest BCUT2D eigenvalue weighted by Gasteiger charge is -2.30. The molecule has 7 nitrogen and oxygen atoms in total. The van der Waals surface area contributed by atoms with Crippen LogP contribution in [0.15, 0.2) is 30.3 Å². The Morgan fingerprint density at radius 3 is 2.59 bits per heavy atom. The number of Topliss-reactive ketones (excluding diaryl/α,β-unsaturated/α-hetero) is 1. The summed E-state index contributed by atoms with van der Waals surface area (Å²) in [5.41, 5.74) is 2.59. The Hall–Kier alpha value is -2.96. The number of esters is 1. The molecule has 1 aromatic carbocycles. The van der Waals surface area contributed by atoms with Crippen molar-refractivity contribution in [1.82, 2.24) is 9.80 Å². The standard InChI is InChI=1S/C25H30N2O5/c1-17(28)10-15-24(30)32-23-14-12-18-11-13-21-19-7-4-5-8-20(19)25(31)26(21)16-6-2-3-9-22(29)27(18)23/h4-5,7-8,13,18,23H,2-3,6,9-12,14-16H2,1H3/b21-13-/t18-,23+/m1/s1. The van der Waals surface area contributed by atoms with Gasteiger partial charge in [0.15, 0.2) is 6.23 Å². The second-order valence-corrected chi connectivity index (χ2v) is 8.82. The van der Waals surface area contributed by atoms with Gasteiger partial charge >= 0.3 is 5.97 Å². The van der Waals surface area contributed by atoms with Crippen molar-refractivity contribution >= 4 is 29.3 Å². The van der Waals surface area contributed by atoms with Crippen LogP contribution in [0.25, 0.3) is 5.70 Å². The molecule has 32 heavy (non-hydrogen) atoms. The van der Waals surface area contributed by atoms with Crippen LogP contribution in [0.3, 0.4) is 0 Å². The van der Waals surface area contributed by atoms with Crippen molar-refractivity contribution in [2.24, 2.45) is 0 Å². The first-order valence-electron chi connectivity index (χ1n) is 11.6. The van der Waals surface area contributed by atoms with E-state index in [0.717, 1.165) is 42.5 Å². The van der Waals surface area contributed by atoms with Crippen LogP contribution in [-0.2, 0) is 19.1 Å². The zero-order valence-electron chi connectivity index (χ0n) is 18.5. The van der Waals surface area contributed by atoms with Crippen LogP contribution in [0.1, 0.15) is 80.6 Å². The van der Waals surface area contributed by atoms with E-state index in [1.54, 1.807) is 4.90 Å². The Morgan fingerprint density at radius 1 is 1.03 bits per heavy atom. The summed E-state index contributed by atoms with van der Waals surface area (Å²) in [6.07, 6.45) is 6.41. The van der Waals surface area contributed by atoms with Crippen molar-refractivity contribution in [2.45, 2.75) is 77.0 Å². The molecule has 2 amide bonds. The molecule has 3 aliphatic rings. The highest BCUT2D eigenvalue weighted by atomic mass is 16.6. The number of rotatable bonds is 4. The van der Waals surface area contributed by atoms with Gasteiger partial charge in [0, 0.05) is 48.7 Å². The molecule has 0 unspecified atom stereocenters. The second-order valence-electron chi connectivity index (χ2n) is 8.82. The summed E-state index contributed by atoms with van der Waals surface area (Å²) in [5.74, 6) is -0.447. The van der Waals surface area contributed by atoms with Gasteiger partial charge in [0.2, 0.25) is 5.91 Å². The minimum Gasteiger partial charge on any atom is -0.441 e. The van der Waals surface area contributed by atoms with Gasteiger partial charge in [-0.2, -0.15) is 0 Å². The zero-order chi connectivity index (χ0) is 22.7. The smallest absolute Gasteiger partial charge is 0.308 e. The van der Waals surface area contributed by atoms with Crippen molar-refractivity contribution in [3.63, 3.8) is 0 Å². The lowest BCUT2D eigenvalue weighted by atomic mass is 10.0. The Balaban J connectivity index is 1.56. The van der Waals surface area contributed by atoms with Crippen LogP contribution in [-0.4, -0.2) is 52.2 Å². The third-order valence-corrected chi connectivity index (χ3v) is 6.51. The third kappa shape index (κ3) is 4.61. The normalized spacial score (nSPS) is 25.1. The van der Waals surface area contributed by atoms with Gasteiger partial charge in [-0.25, -0.2) is 0 Å². The number of carbonyl (C=O) groups is 4. The first kappa shape index (κ1) is 22.2. The number of ketones is 1. The molecule has 0 aliphatic carbocycles. The van der Waals surface area contributed by atoms with Crippen molar-refractivity contribution in [1.29, 1.82) is 0 Å². The van der Waals surface area contributed by atoms with Gasteiger partial charge in [-0.3, -0.25) is 14.4 Å². The van der Waals surface area contributed by atoms with Crippen LogP contribution in [0.4, 0.5) is 0 Å². The average Bonchev–Trinajstić information content (AvgIpc) is 3.28. The van der Waals surface area contributed by atoms with E-state index in [4.69, 9.17) is 4.74 Å². The lowest BCUT2D eigenvalue weighted by molar-refractivity contribution is -0.163. The fourth-order valence-corrected chi connectivity index (χ4v) is 4.88. The van der Waals surface area contributed by atoms with Crippen LogP contribution >= 0.6 is 0 Å². The molecule has 1 saturated heterocycles. The van der Waals surface area contributed by atoms with E-state index in [1.165, 1.54) is 6.92 Å². The fraction of sp³-hybridized carbons (Fsp3) is 0.520. The highest BCUT2D eigenvalue weighted by molar-refractivity contribution is 6.09. The molecule has 0 spiro atoms. The maximum atomic E-state index is 13.0. The van der Waals surface area contributed by atoms with E-state index in [0.29, 0.717) is 25.8 Å². The van der Waals surface area contributed by atoms with Crippen LogP contribution < -0.4 is 0 Å². The SMILES string of the molecule is CC(=O)CCC(=O)O[C@H]1CC[C@H]2C/C=C3/c4ccccc4C(=O)N3CCCCCC(=O)N21. The Morgan fingerprint density at radius 2 is 1.81 bits per heavy atom. The molecule has 0 saturated carbocycles. The molecule has 1 fully saturated rings. The topological polar surface area (TPSA) is 84.0 Å². The highest BCUT2D eigenvalue weighted by Crippen LogP contribution is 2.36. The number of fused-ring (bicyclic) bond motifs is 4. The number of amides is 2. The van der Waals surface area contributed by atoms with E-state index < -0.39 is 12.2 Å². The summed E-state index contributed by atoms with van der Waals surface area (Å²) in [7, 11) is 0. The van der Waals surface area contributed by atoms with Crippen LogP contribution in [0.5, 0.6) is 0 Å². The number of hydrogen-bond donors (Lipinski definition) is 0. The molecule has 0 radical (unpaired) electrons. The molecule has 1 aromatic rings. The molecule has 0 bridgehead atoms. The minimum absolute atomic E-state index is 0.00981. The first-order valence-corrected chi connectivity index (χ1v) is 11.6. The van der Waals surface area contributed by atoms with Crippen molar-refractivity contribution in [3.8, 4) is 0 Å². The Labute approximate surface area is 188 Å².